The van der Waals surface area contributed by atoms with Crippen molar-refractivity contribution < 1.29 is 18.3 Å². The van der Waals surface area contributed by atoms with E-state index in [9.17, 15) is 8.78 Å². The second kappa shape index (κ2) is 9.02. The third-order valence-corrected chi connectivity index (χ3v) is 5.75. The van der Waals surface area contributed by atoms with Gasteiger partial charge >= 0.3 is 0 Å². The summed E-state index contributed by atoms with van der Waals surface area (Å²) < 4.78 is 40.6. The number of nitrogens with zero attached hydrogens (tertiary/aromatic N) is 8. The Morgan fingerprint density at radius 1 is 0.818 bits per heavy atom. The molecule has 0 spiro atoms. The Morgan fingerprint density at radius 3 is 1.88 bits per heavy atom. The Balaban J connectivity index is 1.70. The summed E-state index contributed by atoms with van der Waals surface area (Å²) >= 11 is 0. The fourth-order valence-corrected chi connectivity index (χ4v) is 4.07. The highest BCUT2D eigenvalue weighted by Gasteiger charge is 2.27. The van der Waals surface area contributed by atoms with Crippen LogP contribution in [0, 0.1) is 0 Å². The summed E-state index contributed by atoms with van der Waals surface area (Å²) in [6.07, 6.45) is -2.80. The Morgan fingerprint density at radius 2 is 1.36 bits per heavy atom. The molecule has 33 heavy (non-hydrogen) atoms. The van der Waals surface area contributed by atoms with E-state index in [1.807, 2.05) is 40.9 Å². The van der Waals surface area contributed by atoms with Crippen LogP contribution in [0.25, 0.3) is 17.0 Å². The smallest absolute Gasteiger partial charge is 0.296 e. The van der Waals surface area contributed by atoms with Crippen LogP contribution < -0.4 is 14.7 Å². The van der Waals surface area contributed by atoms with Crippen molar-refractivity contribution >= 4 is 28.6 Å². The fourth-order valence-electron chi connectivity index (χ4n) is 4.07. The monoisotopic (exact) mass is 460 g/mol. The highest BCUT2D eigenvalue weighted by molar-refractivity contribution is 5.90. The molecule has 12 heteroatoms. The van der Waals surface area contributed by atoms with Crippen molar-refractivity contribution in [3.8, 4) is 5.95 Å². The summed E-state index contributed by atoms with van der Waals surface area (Å²) in [5.74, 6) is 0.610. The van der Waals surface area contributed by atoms with Crippen molar-refractivity contribution in [3.05, 3.63) is 24.0 Å². The standard InChI is InChI=1S/C21H26F2N8O2/c1-28(2)14-4-3-5-15-16(14)24-18(17(22)23)31(15)21-26-19(29-6-10-32-11-7-29)25-20(27-21)30-8-12-33-13-9-30/h3-5,17H,6-13H2,1-2H3. The second-order valence-corrected chi connectivity index (χ2v) is 8.08. The maximum atomic E-state index is 14.2. The molecule has 176 valence electrons. The van der Waals surface area contributed by atoms with Crippen molar-refractivity contribution in [2.75, 3.05) is 81.4 Å². The zero-order valence-corrected chi connectivity index (χ0v) is 18.6. The molecule has 0 unspecified atom stereocenters. The molecule has 0 bridgehead atoms. The van der Waals surface area contributed by atoms with Gasteiger partial charge in [-0.2, -0.15) is 15.0 Å². The van der Waals surface area contributed by atoms with Gasteiger partial charge in [0, 0.05) is 40.3 Å². The molecule has 2 aliphatic rings. The molecular weight excluding hydrogens is 434 g/mol. The van der Waals surface area contributed by atoms with E-state index in [4.69, 9.17) is 9.47 Å². The first kappa shape index (κ1) is 21.7. The van der Waals surface area contributed by atoms with Gasteiger partial charge in [-0.3, -0.25) is 4.57 Å². The maximum absolute atomic E-state index is 14.2. The van der Waals surface area contributed by atoms with Crippen LogP contribution in [-0.4, -0.2) is 91.2 Å². The lowest BCUT2D eigenvalue weighted by Crippen LogP contribution is -2.40. The number of imidazole rings is 1. The zero-order chi connectivity index (χ0) is 22.9. The fraction of sp³-hybridized carbons (Fsp3) is 0.524. The number of para-hydroxylation sites is 1. The minimum atomic E-state index is -2.80. The minimum absolute atomic E-state index is 0.127. The van der Waals surface area contributed by atoms with Gasteiger partial charge in [0.2, 0.25) is 17.8 Å². The van der Waals surface area contributed by atoms with Crippen molar-refractivity contribution in [1.82, 2.24) is 24.5 Å². The van der Waals surface area contributed by atoms with Gasteiger partial charge in [0.25, 0.3) is 6.43 Å². The molecule has 0 N–H and O–H groups in total. The van der Waals surface area contributed by atoms with E-state index >= 15 is 0 Å². The van der Waals surface area contributed by atoms with Gasteiger partial charge < -0.3 is 24.2 Å². The van der Waals surface area contributed by atoms with Crippen LogP contribution in [0.3, 0.4) is 0 Å². The highest BCUT2D eigenvalue weighted by atomic mass is 19.3. The average Bonchev–Trinajstić information content (AvgIpc) is 3.25. The molecule has 0 radical (unpaired) electrons. The Labute approximate surface area is 189 Å². The third-order valence-electron chi connectivity index (χ3n) is 5.75. The van der Waals surface area contributed by atoms with E-state index in [2.05, 4.69) is 19.9 Å². The van der Waals surface area contributed by atoms with Gasteiger partial charge in [0.15, 0.2) is 5.82 Å². The van der Waals surface area contributed by atoms with Crippen molar-refractivity contribution in [2.24, 2.45) is 0 Å². The molecular formula is C21H26F2N8O2. The van der Waals surface area contributed by atoms with Crippen LogP contribution in [0.5, 0.6) is 0 Å². The molecule has 10 nitrogen and oxygen atoms in total. The summed E-state index contributed by atoms with van der Waals surface area (Å²) in [6, 6.07) is 5.42. The lowest BCUT2D eigenvalue weighted by Gasteiger charge is -2.30. The second-order valence-electron chi connectivity index (χ2n) is 8.08. The number of hydrogen-bond acceptors (Lipinski definition) is 9. The van der Waals surface area contributed by atoms with Crippen LogP contribution in [0.2, 0.25) is 0 Å². The first-order valence-electron chi connectivity index (χ1n) is 10.9. The number of morpholine rings is 2. The number of aromatic nitrogens is 5. The summed E-state index contributed by atoms with van der Waals surface area (Å²) in [5, 5.41) is 0. The lowest BCUT2D eigenvalue weighted by atomic mass is 10.2. The number of anilines is 3. The molecule has 2 fully saturated rings. The molecule has 3 aromatic rings. The van der Waals surface area contributed by atoms with Gasteiger partial charge in [-0.05, 0) is 12.1 Å². The lowest BCUT2D eigenvalue weighted by molar-refractivity contribution is 0.121. The number of rotatable bonds is 5. The number of ether oxygens (including phenoxy) is 2. The average molecular weight is 460 g/mol. The van der Waals surface area contributed by atoms with Crippen LogP contribution >= 0.6 is 0 Å². The molecule has 2 saturated heterocycles. The molecule has 0 saturated carbocycles. The van der Waals surface area contributed by atoms with E-state index in [1.165, 1.54) is 4.57 Å². The largest absolute Gasteiger partial charge is 0.378 e. The SMILES string of the molecule is CN(C)c1cccc2c1nc(C(F)F)n2-c1nc(N2CCOCC2)nc(N2CCOCC2)n1. The summed E-state index contributed by atoms with van der Waals surface area (Å²) in [5.41, 5.74) is 1.73. The molecule has 0 amide bonds. The summed E-state index contributed by atoms with van der Waals surface area (Å²) in [7, 11) is 3.71. The van der Waals surface area contributed by atoms with E-state index in [0.717, 1.165) is 5.69 Å². The van der Waals surface area contributed by atoms with Crippen molar-refractivity contribution in [3.63, 3.8) is 0 Å². The number of halogens is 2. The number of benzene rings is 1. The Kier molecular flexibility index (Phi) is 5.94. The first-order chi connectivity index (χ1) is 16.0. The quantitative estimate of drug-likeness (QED) is 0.567. The van der Waals surface area contributed by atoms with Crippen LogP contribution in [-0.2, 0) is 9.47 Å². The predicted octanol–water partition coefficient (Wildman–Crippen LogP) is 1.89. The normalized spacial score (nSPS) is 17.2. The number of fused-ring (bicyclic) bond motifs is 1. The first-order valence-corrected chi connectivity index (χ1v) is 10.9. The molecule has 2 aliphatic heterocycles. The molecule has 2 aromatic heterocycles. The van der Waals surface area contributed by atoms with Crippen molar-refractivity contribution in [1.29, 1.82) is 0 Å². The van der Waals surface area contributed by atoms with Crippen LogP contribution in [0.1, 0.15) is 12.2 Å². The molecule has 4 heterocycles. The van der Waals surface area contributed by atoms with E-state index in [1.54, 1.807) is 6.07 Å². The van der Waals surface area contributed by atoms with Crippen molar-refractivity contribution in [2.45, 2.75) is 6.43 Å². The van der Waals surface area contributed by atoms with Crippen LogP contribution in [0.4, 0.5) is 26.4 Å². The predicted molar refractivity (Wildman–Crippen MR) is 120 cm³/mol. The maximum Gasteiger partial charge on any atom is 0.296 e. The molecule has 0 atom stereocenters. The van der Waals surface area contributed by atoms with Gasteiger partial charge in [-0.1, -0.05) is 6.07 Å². The van der Waals surface area contributed by atoms with Crippen LogP contribution in [0.15, 0.2) is 18.2 Å². The van der Waals surface area contributed by atoms with Gasteiger partial charge in [-0.15, -0.1) is 0 Å². The van der Waals surface area contributed by atoms with Gasteiger partial charge in [0.05, 0.1) is 37.6 Å². The minimum Gasteiger partial charge on any atom is -0.378 e. The summed E-state index contributed by atoms with van der Waals surface area (Å²) in [6.45, 7) is 4.66. The topological polar surface area (TPSA) is 84.7 Å². The molecule has 5 rings (SSSR count). The third kappa shape index (κ3) is 4.15. The van der Waals surface area contributed by atoms with E-state index < -0.39 is 12.2 Å². The van der Waals surface area contributed by atoms with Gasteiger partial charge in [0.1, 0.15) is 5.52 Å². The number of hydrogen-bond donors (Lipinski definition) is 0. The van der Waals surface area contributed by atoms with E-state index in [-0.39, 0.29) is 5.95 Å². The number of alkyl halides is 2. The van der Waals surface area contributed by atoms with Gasteiger partial charge in [-0.25, -0.2) is 13.8 Å². The molecule has 1 aromatic carbocycles. The Bertz CT molecular complexity index is 1090. The molecule has 0 aliphatic carbocycles. The van der Waals surface area contributed by atoms with E-state index in [0.29, 0.717) is 75.5 Å². The zero-order valence-electron chi connectivity index (χ0n) is 18.6. The Hall–Kier alpha value is -3.12. The summed E-state index contributed by atoms with van der Waals surface area (Å²) in [4.78, 5) is 24.1. The highest BCUT2D eigenvalue weighted by Crippen LogP contribution is 2.32.